The molecule has 0 aliphatic carbocycles. The molecule has 45 heavy (non-hydrogen) atoms. The Morgan fingerprint density at radius 2 is 1.51 bits per heavy atom. The largest absolute Gasteiger partial charge is 0.497 e. The van der Waals surface area contributed by atoms with Gasteiger partial charge in [0.1, 0.15) is 17.3 Å². The minimum Gasteiger partial charge on any atom is -0.497 e. The monoisotopic (exact) mass is 618 g/mol. The van der Waals surface area contributed by atoms with Crippen molar-refractivity contribution in [3.63, 3.8) is 0 Å². The van der Waals surface area contributed by atoms with Gasteiger partial charge in [-0.25, -0.2) is 4.39 Å². The molecule has 4 aromatic rings. The van der Waals surface area contributed by atoms with E-state index >= 15 is 0 Å². The van der Waals surface area contributed by atoms with Crippen LogP contribution in [-0.2, 0) is 11.3 Å². The Bertz CT molecular complexity index is 1600. The smallest absolute Gasteiger partial charge is 0.305 e. The van der Waals surface area contributed by atoms with Crippen LogP contribution in [0.5, 0.6) is 11.5 Å². The molecule has 0 radical (unpaired) electrons. The lowest BCUT2D eigenvalue weighted by Gasteiger charge is -2.20. The summed E-state index contributed by atoms with van der Waals surface area (Å²) in [5.74, 6) is -1.11. The Morgan fingerprint density at radius 3 is 2.07 bits per heavy atom. The second-order valence-electron chi connectivity index (χ2n) is 11.1. The Labute approximate surface area is 261 Å². The SMILES string of the molecule is COc1cc(NC(=O)c2c(-c3ccccc3)c(-c3ccc(F)cc3)n(CCC(O)CC(O)CC(=O)O)c2C(C)C)cc(OC)c1. The van der Waals surface area contributed by atoms with Gasteiger partial charge < -0.3 is 34.7 Å². The number of hydrogen-bond acceptors (Lipinski definition) is 6. The number of carbonyl (C=O) groups excluding carboxylic acids is 1. The molecule has 0 saturated carbocycles. The number of rotatable bonds is 14. The summed E-state index contributed by atoms with van der Waals surface area (Å²) in [4.78, 5) is 25.4. The van der Waals surface area contributed by atoms with E-state index in [-0.39, 0.29) is 31.2 Å². The van der Waals surface area contributed by atoms with Gasteiger partial charge >= 0.3 is 5.97 Å². The first-order valence-electron chi connectivity index (χ1n) is 14.7. The summed E-state index contributed by atoms with van der Waals surface area (Å²) < 4.78 is 26.9. The Hall–Kier alpha value is -4.67. The normalized spacial score (nSPS) is 12.5. The van der Waals surface area contributed by atoms with Crippen molar-refractivity contribution < 1.29 is 38.8 Å². The van der Waals surface area contributed by atoms with Gasteiger partial charge in [0.25, 0.3) is 5.91 Å². The third-order valence-electron chi connectivity index (χ3n) is 7.51. The minimum atomic E-state index is -1.20. The number of nitrogens with one attached hydrogen (secondary N) is 1. The predicted octanol–water partition coefficient (Wildman–Crippen LogP) is 6.33. The Kier molecular flexibility index (Phi) is 11.0. The number of methoxy groups -OCH3 is 2. The topological polar surface area (TPSA) is 130 Å². The molecular formula is C35H39FN2O7. The van der Waals surface area contributed by atoms with Gasteiger partial charge in [0, 0.05) is 41.7 Å². The first-order chi connectivity index (χ1) is 21.5. The molecule has 0 saturated heterocycles. The van der Waals surface area contributed by atoms with Gasteiger partial charge in [0.2, 0.25) is 0 Å². The number of hydrogen-bond donors (Lipinski definition) is 4. The number of carbonyl (C=O) groups is 2. The number of nitrogens with zero attached hydrogens (tertiary/aromatic N) is 1. The zero-order valence-electron chi connectivity index (χ0n) is 25.8. The first-order valence-corrected chi connectivity index (χ1v) is 14.7. The molecule has 0 aliphatic rings. The molecule has 4 N–H and O–H groups in total. The van der Waals surface area contributed by atoms with Crippen molar-refractivity contribution >= 4 is 17.6 Å². The van der Waals surface area contributed by atoms with Crippen LogP contribution in [-0.4, -0.2) is 58.2 Å². The number of ether oxygens (including phenoxy) is 2. The molecule has 10 heteroatoms. The third kappa shape index (κ3) is 8.09. The summed E-state index contributed by atoms with van der Waals surface area (Å²) in [6.07, 6.45) is -2.64. The average Bonchev–Trinajstić information content (AvgIpc) is 3.35. The zero-order chi connectivity index (χ0) is 32.7. The van der Waals surface area contributed by atoms with Gasteiger partial charge in [-0.15, -0.1) is 0 Å². The molecule has 1 amide bonds. The number of carboxylic acids is 1. The number of carboxylic acid groups (broad SMARTS) is 1. The van der Waals surface area contributed by atoms with Crippen LogP contribution >= 0.6 is 0 Å². The zero-order valence-corrected chi connectivity index (χ0v) is 25.8. The highest BCUT2D eigenvalue weighted by Crippen LogP contribution is 2.43. The quantitative estimate of drug-likeness (QED) is 0.130. The summed E-state index contributed by atoms with van der Waals surface area (Å²) >= 11 is 0. The molecule has 0 bridgehead atoms. The number of aliphatic carboxylic acids is 1. The van der Waals surface area contributed by atoms with Crippen LogP contribution in [0, 0.1) is 5.82 Å². The molecule has 3 aromatic carbocycles. The number of amides is 1. The number of anilines is 1. The van der Waals surface area contributed by atoms with Crippen molar-refractivity contribution in [2.24, 2.45) is 0 Å². The molecule has 2 unspecified atom stereocenters. The molecule has 9 nitrogen and oxygen atoms in total. The summed E-state index contributed by atoms with van der Waals surface area (Å²) in [5, 5.41) is 32.9. The maximum Gasteiger partial charge on any atom is 0.305 e. The van der Waals surface area contributed by atoms with E-state index in [1.54, 1.807) is 30.3 Å². The second-order valence-corrected chi connectivity index (χ2v) is 11.1. The lowest BCUT2D eigenvalue weighted by molar-refractivity contribution is -0.139. The van der Waals surface area contributed by atoms with E-state index in [9.17, 15) is 24.2 Å². The van der Waals surface area contributed by atoms with Crippen molar-refractivity contribution in [2.75, 3.05) is 19.5 Å². The molecule has 1 heterocycles. The summed E-state index contributed by atoms with van der Waals surface area (Å²) in [6.45, 7) is 4.17. The van der Waals surface area contributed by atoms with E-state index < -0.39 is 30.4 Å². The summed E-state index contributed by atoms with van der Waals surface area (Å²) in [5.41, 5.74) is 4.30. The van der Waals surface area contributed by atoms with Crippen molar-refractivity contribution in [3.05, 3.63) is 89.9 Å². The van der Waals surface area contributed by atoms with Crippen LogP contribution in [0.3, 0.4) is 0 Å². The van der Waals surface area contributed by atoms with E-state index in [0.29, 0.717) is 45.3 Å². The fraction of sp³-hybridized carbons (Fsp3) is 0.314. The number of aromatic nitrogens is 1. The molecule has 238 valence electrons. The van der Waals surface area contributed by atoms with E-state index in [1.165, 1.54) is 26.4 Å². The van der Waals surface area contributed by atoms with E-state index in [2.05, 4.69) is 5.32 Å². The second kappa shape index (κ2) is 14.9. The van der Waals surface area contributed by atoms with Crippen molar-refractivity contribution in [1.29, 1.82) is 0 Å². The molecule has 2 atom stereocenters. The van der Waals surface area contributed by atoms with Crippen LogP contribution in [0.15, 0.2) is 72.8 Å². The fourth-order valence-electron chi connectivity index (χ4n) is 5.56. The number of aliphatic hydroxyl groups excluding tert-OH is 2. The highest BCUT2D eigenvalue weighted by atomic mass is 19.1. The Balaban J connectivity index is 1.91. The molecule has 1 aromatic heterocycles. The van der Waals surface area contributed by atoms with Crippen molar-refractivity contribution in [3.8, 4) is 33.9 Å². The maximum atomic E-state index is 14.4. The molecular weight excluding hydrogens is 579 g/mol. The minimum absolute atomic E-state index is 0.118. The van der Waals surface area contributed by atoms with Crippen LogP contribution in [0.4, 0.5) is 10.1 Å². The van der Waals surface area contributed by atoms with Gasteiger partial charge in [-0.05, 0) is 54.2 Å². The highest BCUT2D eigenvalue weighted by molar-refractivity contribution is 6.12. The molecule has 4 rings (SSSR count). The average molecular weight is 619 g/mol. The van der Waals surface area contributed by atoms with Crippen LogP contribution < -0.4 is 14.8 Å². The van der Waals surface area contributed by atoms with E-state index in [0.717, 1.165) is 5.56 Å². The lowest BCUT2D eigenvalue weighted by Crippen LogP contribution is -2.22. The molecule has 0 spiro atoms. The van der Waals surface area contributed by atoms with Gasteiger partial charge in [-0.3, -0.25) is 9.59 Å². The van der Waals surface area contributed by atoms with Gasteiger partial charge in [-0.1, -0.05) is 44.2 Å². The van der Waals surface area contributed by atoms with Gasteiger partial charge in [-0.2, -0.15) is 0 Å². The predicted molar refractivity (Wildman–Crippen MR) is 170 cm³/mol. The van der Waals surface area contributed by atoms with Crippen molar-refractivity contribution in [1.82, 2.24) is 4.57 Å². The van der Waals surface area contributed by atoms with E-state index in [4.69, 9.17) is 14.6 Å². The van der Waals surface area contributed by atoms with Crippen LogP contribution in [0.1, 0.15) is 55.1 Å². The summed E-state index contributed by atoms with van der Waals surface area (Å²) in [6, 6.07) is 20.5. The summed E-state index contributed by atoms with van der Waals surface area (Å²) in [7, 11) is 3.05. The highest BCUT2D eigenvalue weighted by Gasteiger charge is 2.31. The molecule has 0 aliphatic heterocycles. The third-order valence-corrected chi connectivity index (χ3v) is 7.51. The lowest BCUT2D eigenvalue weighted by atomic mass is 9.94. The van der Waals surface area contributed by atoms with E-state index in [1.807, 2.05) is 48.7 Å². The van der Waals surface area contributed by atoms with Crippen molar-refractivity contribution in [2.45, 2.75) is 57.8 Å². The molecule has 0 fully saturated rings. The fourth-order valence-corrected chi connectivity index (χ4v) is 5.56. The standard InChI is InChI=1S/C35H39FN2O7/c1-21(2)33-32(35(43)37-25-16-28(44-3)20-29(17-25)45-4)31(22-8-6-5-7-9-22)34(23-10-12-24(36)13-11-23)38(33)15-14-26(39)18-27(40)19-30(41)42/h5-13,16-17,20-21,26-27,39-40H,14-15,18-19H2,1-4H3,(H,37,43)(H,41,42). The number of benzene rings is 3. The van der Waals surface area contributed by atoms with Gasteiger partial charge in [0.15, 0.2) is 0 Å². The van der Waals surface area contributed by atoms with Crippen LogP contribution in [0.2, 0.25) is 0 Å². The number of aliphatic hydroxyl groups is 2. The first kappa shape index (κ1) is 33.2. The van der Waals surface area contributed by atoms with Gasteiger partial charge in [0.05, 0.1) is 44.1 Å². The Morgan fingerprint density at radius 1 is 0.889 bits per heavy atom. The van der Waals surface area contributed by atoms with Crippen LogP contribution in [0.25, 0.3) is 22.4 Å². The maximum absolute atomic E-state index is 14.4. The number of halogens is 1.